The standard InChI is InChI=1S/C22H16BrN3O3S/c23-16-11-9-15(10-12-16)21-25-26-22(29-21)30-14-20(27)24-17-5-4-8-19(13-17)28-18-6-2-1-3-7-18/h1-13H,14H2,(H,24,27). The lowest BCUT2D eigenvalue weighted by molar-refractivity contribution is -0.113. The van der Waals surface area contributed by atoms with Crippen molar-refractivity contribution in [2.24, 2.45) is 0 Å². The van der Waals surface area contributed by atoms with Gasteiger partial charge in [0.1, 0.15) is 11.5 Å². The number of hydrogen-bond donors (Lipinski definition) is 1. The quantitative estimate of drug-likeness (QED) is 0.325. The van der Waals surface area contributed by atoms with Gasteiger partial charge >= 0.3 is 0 Å². The number of nitrogens with one attached hydrogen (secondary N) is 1. The molecule has 4 rings (SSSR count). The van der Waals surface area contributed by atoms with Gasteiger partial charge < -0.3 is 14.5 Å². The Labute approximate surface area is 185 Å². The highest BCUT2D eigenvalue weighted by molar-refractivity contribution is 9.10. The maximum atomic E-state index is 12.3. The molecule has 1 amide bonds. The fraction of sp³-hybridized carbons (Fsp3) is 0.0455. The van der Waals surface area contributed by atoms with Gasteiger partial charge in [0.05, 0.1) is 5.75 Å². The third-order valence-electron chi connectivity index (χ3n) is 3.92. The van der Waals surface area contributed by atoms with Crippen molar-refractivity contribution in [1.29, 1.82) is 0 Å². The molecule has 150 valence electrons. The maximum absolute atomic E-state index is 12.3. The van der Waals surface area contributed by atoms with Gasteiger partial charge in [0.15, 0.2) is 0 Å². The van der Waals surface area contributed by atoms with Gasteiger partial charge in [0.25, 0.3) is 5.22 Å². The minimum Gasteiger partial charge on any atom is -0.457 e. The second-order valence-electron chi connectivity index (χ2n) is 6.16. The number of hydrogen-bond acceptors (Lipinski definition) is 6. The van der Waals surface area contributed by atoms with Crippen LogP contribution in [0.4, 0.5) is 5.69 Å². The topological polar surface area (TPSA) is 77.2 Å². The zero-order chi connectivity index (χ0) is 20.8. The van der Waals surface area contributed by atoms with Crippen molar-refractivity contribution >= 4 is 39.3 Å². The number of anilines is 1. The van der Waals surface area contributed by atoms with Crippen molar-refractivity contribution in [2.45, 2.75) is 5.22 Å². The molecule has 8 heteroatoms. The Morgan fingerprint density at radius 1 is 0.967 bits per heavy atom. The van der Waals surface area contributed by atoms with E-state index in [0.717, 1.165) is 15.8 Å². The molecular formula is C22H16BrN3O3S. The molecule has 1 heterocycles. The molecule has 0 aliphatic heterocycles. The molecule has 1 N–H and O–H groups in total. The molecule has 0 saturated heterocycles. The highest BCUT2D eigenvalue weighted by atomic mass is 79.9. The number of amides is 1. The summed E-state index contributed by atoms with van der Waals surface area (Å²) < 4.78 is 12.4. The monoisotopic (exact) mass is 481 g/mol. The Morgan fingerprint density at radius 2 is 1.73 bits per heavy atom. The lowest BCUT2D eigenvalue weighted by Crippen LogP contribution is -2.13. The Kier molecular flexibility index (Phi) is 6.46. The van der Waals surface area contributed by atoms with E-state index in [1.807, 2.05) is 66.7 Å². The molecule has 0 unspecified atom stereocenters. The average molecular weight is 482 g/mol. The minimum absolute atomic E-state index is 0.145. The Morgan fingerprint density at radius 3 is 2.53 bits per heavy atom. The van der Waals surface area contributed by atoms with E-state index in [-0.39, 0.29) is 11.7 Å². The van der Waals surface area contributed by atoms with E-state index in [1.165, 1.54) is 11.8 Å². The van der Waals surface area contributed by atoms with E-state index >= 15 is 0 Å². The number of halogens is 1. The summed E-state index contributed by atoms with van der Waals surface area (Å²) in [5.74, 6) is 1.75. The number of thioether (sulfide) groups is 1. The van der Waals surface area contributed by atoms with Crippen molar-refractivity contribution in [3.05, 3.63) is 83.3 Å². The van der Waals surface area contributed by atoms with E-state index in [9.17, 15) is 4.79 Å². The summed E-state index contributed by atoms with van der Waals surface area (Å²) in [7, 11) is 0. The van der Waals surface area contributed by atoms with Crippen molar-refractivity contribution < 1.29 is 13.9 Å². The van der Waals surface area contributed by atoms with Gasteiger partial charge in [-0.1, -0.05) is 52.0 Å². The zero-order valence-electron chi connectivity index (χ0n) is 15.6. The summed E-state index contributed by atoms with van der Waals surface area (Å²) in [6, 6.07) is 24.2. The lowest BCUT2D eigenvalue weighted by atomic mass is 10.2. The van der Waals surface area contributed by atoms with Crippen molar-refractivity contribution in [2.75, 3.05) is 11.1 Å². The van der Waals surface area contributed by atoms with E-state index in [4.69, 9.17) is 9.15 Å². The first-order chi connectivity index (χ1) is 14.7. The maximum Gasteiger partial charge on any atom is 0.277 e. The van der Waals surface area contributed by atoms with Crippen molar-refractivity contribution in [1.82, 2.24) is 10.2 Å². The fourth-order valence-corrected chi connectivity index (χ4v) is 3.39. The van der Waals surface area contributed by atoms with E-state index in [2.05, 4.69) is 31.4 Å². The summed E-state index contributed by atoms with van der Waals surface area (Å²) in [5.41, 5.74) is 1.47. The molecule has 0 bridgehead atoms. The normalized spacial score (nSPS) is 10.6. The minimum atomic E-state index is -0.180. The third-order valence-corrected chi connectivity index (χ3v) is 5.27. The molecular weight excluding hydrogens is 466 g/mol. The van der Waals surface area contributed by atoms with Gasteiger partial charge in [-0.25, -0.2) is 0 Å². The number of rotatable bonds is 7. The average Bonchev–Trinajstić information content (AvgIpc) is 3.23. The summed E-state index contributed by atoms with van der Waals surface area (Å²) in [6.45, 7) is 0. The predicted molar refractivity (Wildman–Crippen MR) is 120 cm³/mol. The fourth-order valence-electron chi connectivity index (χ4n) is 2.56. The Balaban J connectivity index is 1.32. The van der Waals surface area contributed by atoms with Gasteiger partial charge in [0, 0.05) is 21.8 Å². The second kappa shape index (κ2) is 9.60. The van der Waals surface area contributed by atoms with Crippen molar-refractivity contribution in [3.63, 3.8) is 0 Å². The predicted octanol–water partition coefficient (Wildman–Crippen LogP) is 6.02. The number of ether oxygens (including phenoxy) is 1. The van der Waals surface area contributed by atoms with Crippen LogP contribution in [0.25, 0.3) is 11.5 Å². The van der Waals surface area contributed by atoms with E-state index < -0.39 is 0 Å². The summed E-state index contributed by atoms with van der Waals surface area (Å²) >= 11 is 4.57. The molecule has 0 aliphatic carbocycles. The van der Waals surface area contributed by atoms with Gasteiger partial charge in [-0.15, -0.1) is 10.2 Å². The number of nitrogens with zero attached hydrogens (tertiary/aromatic N) is 2. The summed E-state index contributed by atoms with van der Waals surface area (Å²) in [6.07, 6.45) is 0. The molecule has 4 aromatic rings. The van der Waals surface area contributed by atoms with Crippen LogP contribution in [0, 0.1) is 0 Å². The number of carbonyl (C=O) groups excluding carboxylic acids is 1. The van der Waals surface area contributed by atoms with Crippen LogP contribution in [-0.2, 0) is 4.79 Å². The molecule has 1 aromatic heterocycles. The van der Waals surface area contributed by atoms with Crippen LogP contribution in [0.3, 0.4) is 0 Å². The molecule has 6 nitrogen and oxygen atoms in total. The molecule has 0 spiro atoms. The number of aromatic nitrogens is 2. The molecule has 0 aliphatic rings. The number of para-hydroxylation sites is 1. The van der Waals surface area contributed by atoms with Crippen LogP contribution in [0.1, 0.15) is 0 Å². The summed E-state index contributed by atoms with van der Waals surface area (Å²) in [4.78, 5) is 12.3. The van der Waals surface area contributed by atoms with Crippen LogP contribution >= 0.6 is 27.7 Å². The van der Waals surface area contributed by atoms with E-state index in [0.29, 0.717) is 22.6 Å². The molecule has 3 aromatic carbocycles. The molecule has 30 heavy (non-hydrogen) atoms. The first-order valence-corrected chi connectivity index (χ1v) is 10.8. The highest BCUT2D eigenvalue weighted by Gasteiger charge is 2.12. The van der Waals surface area contributed by atoms with Crippen LogP contribution in [0.15, 0.2) is 93.0 Å². The van der Waals surface area contributed by atoms with Crippen LogP contribution < -0.4 is 10.1 Å². The van der Waals surface area contributed by atoms with Gasteiger partial charge in [-0.05, 0) is 48.5 Å². The lowest BCUT2D eigenvalue weighted by Gasteiger charge is -2.08. The summed E-state index contributed by atoms with van der Waals surface area (Å²) in [5, 5.41) is 11.2. The second-order valence-corrected chi connectivity index (χ2v) is 8.00. The smallest absolute Gasteiger partial charge is 0.277 e. The highest BCUT2D eigenvalue weighted by Crippen LogP contribution is 2.26. The largest absolute Gasteiger partial charge is 0.457 e. The number of benzene rings is 3. The van der Waals surface area contributed by atoms with Gasteiger partial charge in [-0.2, -0.15) is 0 Å². The van der Waals surface area contributed by atoms with Gasteiger partial charge in [0.2, 0.25) is 11.8 Å². The molecule has 0 saturated carbocycles. The zero-order valence-corrected chi connectivity index (χ0v) is 18.0. The first-order valence-electron chi connectivity index (χ1n) is 9.01. The van der Waals surface area contributed by atoms with E-state index in [1.54, 1.807) is 12.1 Å². The van der Waals surface area contributed by atoms with Gasteiger partial charge in [-0.3, -0.25) is 4.79 Å². The third kappa shape index (κ3) is 5.49. The Bertz CT molecular complexity index is 1130. The van der Waals surface area contributed by atoms with Crippen LogP contribution in [0.2, 0.25) is 0 Å². The van der Waals surface area contributed by atoms with Crippen LogP contribution in [0.5, 0.6) is 11.5 Å². The van der Waals surface area contributed by atoms with Crippen LogP contribution in [-0.4, -0.2) is 21.9 Å². The number of carbonyl (C=O) groups is 1. The Hall–Kier alpha value is -3.10. The van der Waals surface area contributed by atoms with Crippen molar-refractivity contribution in [3.8, 4) is 23.0 Å². The molecule has 0 atom stereocenters. The first kappa shape index (κ1) is 20.2. The molecule has 0 radical (unpaired) electrons. The SMILES string of the molecule is O=C(CSc1nnc(-c2ccc(Br)cc2)o1)Nc1cccc(Oc2ccccc2)c1. The molecule has 0 fully saturated rings.